The first-order valence-electron chi connectivity index (χ1n) is 12.8. The largest absolute Gasteiger partial charge is 0.334 e. The number of benzene rings is 3. The molecule has 1 saturated carbocycles. The van der Waals surface area contributed by atoms with Gasteiger partial charge in [0.1, 0.15) is 11.6 Å². The molecule has 6 heteroatoms. The molecule has 2 unspecified atom stereocenters. The lowest BCUT2D eigenvalue weighted by Crippen LogP contribution is -2.45. The highest BCUT2D eigenvalue weighted by molar-refractivity contribution is 6.40. The fourth-order valence-electron chi connectivity index (χ4n) is 6.21. The smallest absolute Gasteiger partial charge is 0.199 e. The molecule has 1 fully saturated rings. The molecule has 0 spiro atoms. The molecule has 0 bridgehead atoms. The van der Waals surface area contributed by atoms with Gasteiger partial charge in [0.2, 0.25) is 0 Å². The van der Waals surface area contributed by atoms with E-state index in [9.17, 15) is 18.8 Å². The van der Waals surface area contributed by atoms with E-state index in [1.807, 2.05) is 29.2 Å². The van der Waals surface area contributed by atoms with Gasteiger partial charge in [-0.25, -0.2) is 4.39 Å². The minimum atomic E-state index is -0.620. The average Bonchev–Trinajstić information content (AvgIpc) is 3.04. The molecule has 5 nitrogen and oxygen atoms in total. The topological polar surface area (TPSA) is 66.8 Å². The van der Waals surface area contributed by atoms with Crippen LogP contribution in [0.4, 0.5) is 15.8 Å². The summed E-state index contributed by atoms with van der Waals surface area (Å²) in [4.78, 5) is 47.9. The lowest BCUT2D eigenvalue weighted by molar-refractivity contribution is -0.124. The summed E-state index contributed by atoms with van der Waals surface area (Å²) in [6, 6.07) is 19.8. The van der Waals surface area contributed by atoms with Gasteiger partial charge in [0, 0.05) is 29.0 Å². The van der Waals surface area contributed by atoms with Crippen molar-refractivity contribution in [3.63, 3.8) is 0 Å². The lowest BCUT2D eigenvalue weighted by Gasteiger charge is -2.42. The fraction of sp³-hybridized carbons (Fsp3) is 0.250. The Morgan fingerprint density at radius 2 is 1.47 bits per heavy atom. The second-order valence-electron chi connectivity index (χ2n) is 11.1. The van der Waals surface area contributed by atoms with Crippen LogP contribution in [0.2, 0.25) is 0 Å². The van der Waals surface area contributed by atoms with Crippen molar-refractivity contribution in [3.8, 4) is 0 Å². The maximum Gasteiger partial charge on any atom is 0.199 e. The second kappa shape index (κ2) is 8.69. The molecule has 0 saturated heterocycles. The maximum atomic E-state index is 14.0. The monoisotopic (exact) mass is 506 g/mol. The zero-order valence-corrected chi connectivity index (χ0v) is 21.5. The molecule has 3 aromatic carbocycles. The van der Waals surface area contributed by atoms with Gasteiger partial charge in [0.25, 0.3) is 0 Å². The normalized spacial score (nSPS) is 21.9. The molecular formula is C32H27FN2O3. The number of nitrogens with zero attached hydrogens (tertiary/aromatic N) is 2. The standard InChI is InChI=1S/C32H27FN2O3/c1-18(27-30(37)21-8-4-5-9-22(21)31(27)38)35-25-11-7-6-10-23(25)34-24-16-32(2,3)17-26(36)28(24)29(35)19-12-14-20(33)15-13-19/h4-15,28-29H,16-17H2,1-3H3. The van der Waals surface area contributed by atoms with Crippen LogP contribution in [0.25, 0.3) is 0 Å². The number of hydrogen-bond acceptors (Lipinski definition) is 5. The minimum absolute atomic E-state index is 0.0392. The van der Waals surface area contributed by atoms with Crippen LogP contribution in [-0.2, 0) is 4.79 Å². The summed E-state index contributed by atoms with van der Waals surface area (Å²) in [5.74, 6) is -1.63. The number of fused-ring (bicyclic) bond motifs is 3. The second-order valence-corrected chi connectivity index (χ2v) is 11.1. The average molecular weight is 507 g/mol. The molecule has 190 valence electrons. The molecule has 3 aliphatic rings. The third kappa shape index (κ3) is 3.74. The Bertz CT molecular complexity index is 1550. The predicted molar refractivity (Wildman–Crippen MR) is 144 cm³/mol. The lowest BCUT2D eigenvalue weighted by atomic mass is 9.68. The predicted octanol–water partition coefficient (Wildman–Crippen LogP) is 6.82. The summed E-state index contributed by atoms with van der Waals surface area (Å²) in [5, 5.41) is 0. The highest BCUT2D eigenvalue weighted by Gasteiger charge is 2.48. The van der Waals surface area contributed by atoms with Crippen LogP contribution in [0.5, 0.6) is 0 Å². The number of carbonyl (C=O) groups excluding carboxylic acids is 3. The van der Waals surface area contributed by atoms with Crippen LogP contribution in [0.3, 0.4) is 0 Å². The van der Waals surface area contributed by atoms with Gasteiger partial charge >= 0.3 is 0 Å². The number of Topliss-reactive ketones (excluding diaryl/α,β-unsaturated/α-hetero) is 3. The molecule has 3 aromatic rings. The van der Waals surface area contributed by atoms with E-state index >= 15 is 0 Å². The summed E-state index contributed by atoms with van der Waals surface area (Å²) in [6.07, 6.45) is 1.000. The van der Waals surface area contributed by atoms with Gasteiger partial charge in [-0.15, -0.1) is 0 Å². The SMILES string of the molecule is CC(=C1C(=O)c2ccccc2C1=O)N1c2ccccc2N=C2CC(C)(C)CC(=O)C2C1c1ccc(F)cc1. The van der Waals surface area contributed by atoms with E-state index in [0.717, 1.165) is 5.71 Å². The zero-order chi connectivity index (χ0) is 26.8. The molecule has 6 rings (SSSR count). The molecule has 0 aromatic heterocycles. The van der Waals surface area contributed by atoms with E-state index in [-0.39, 0.29) is 34.2 Å². The van der Waals surface area contributed by atoms with Crippen LogP contribution < -0.4 is 4.90 Å². The summed E-state index contributed by atoms with van der Waals surface area (Å²) < 4.78 is 14.0. The minimum Gasteiger partial charge on any atom is -0.334 e. The number of halogens is 1. The Labute approximate surface area is 220 Å². The van der Waals surface area contributed by atoms with Crippen LogP contribution >= 0.6 is 0 Å². The van der Waals surface area contributed by atoms with Gasteiger partial charge in [0.15, 0.2) is 11.6 Å². The van der Waals surface area contributed by atoms with Gasteiger partial charge in [-0.1, -0.05) is 62.4 Å². The van der Waals surface area contributed by atoms with E-state index in [4.69, 9.17) is 4.99 Å². The van der Waals surface area contributed by atoms with Crippen LogP contribution in [0.15, 0.2) is 89.1 Å². The fourth-order valence-corrected chi connectivity index (χ4v) is 6.21. The van der Waals surface area contributed by atoms with E-state index in [1.54, 1.807) is 43.3 Å². The first-order valence-corrected chi connectivity index (χ1v) is 12.8. The van der Waals surface area contributed by atoms with Crippen molar-refractivity contribution in [2.45, 2.75) is 39.7 Å². The number of aliphatic imine (C=N–C) groups is 1. The maximum absolute atomic E-state index is 14.0. The van der Waals surface area contributed by atoms with E-state index in [0.29, 0.717) is 46.6 Å². The Morgan fingerprint density at radius 1 is 0.868 bits per heavy atom. The Kier molecular flexibility index (Phi) is 5.53. The van der Waals surface area contributed by atoms with Crippen molar-refractivity contribution >= 4 is 34.4 Å². The van der Waals surface area contributed by atoms with Crippen molar-refractivity contribution in [2.75, 3.05) is 4.90 Å². The van der Waals surface area contributed by atoms with Gasteiger partial charge in [-0.05, 0) is 48.6 Å². The van der Waals surface area contributed by atoms with Crippen molar-refractivity contribution in [1.82, 2.24) is 0 Å². The molecule has 0 N–H and O–H groups in total. The number of rotatable bonds is 2. The highest BCUT2D eigenvalue weighted by Crippen LogP contribution is 2.50. The molecule has 38 heavy (non-hydrogen) atoms. The molecule has 1 heterocycles. The number of carbonyl (C=O) groups is 3. The Hall–Kier alpha value is -4.19. The van der Waals surface area contributed by atoms with Gasteiger partial charge in [-0.2, -0.15) is 0 Å². The molecule has 2 aliphatic carbocycles. The van der Waals surface area contributed by atoms with E-state index in [1.165, 1.54) is 12.1 Å². The van der Waals surface area contributed by atoms with Gasteiger partial charge in [-0.3, -0.25) is 19.4 Å². The van der Waals surface area contributed by atoms with Crippen molar-refractivity contribution < 1.29 is 18.8 Å². The number of para-hydroxylation sites is 2. The summed E-state index contributed by atoms with van der Waals surface area (Å²) in [7, 11) is 0. The zero-order valence-electron chi connectivity index (χ0n) is 21.5. The Morgan fingerprint density at radius 3 is 2.13 bits per heavy atom. The molecule has 0 radical (unpaired) electrons. The highest BCUT2D eigenvalue weighted by atomic mass is 19.1. The molecule has 0 amide bonds. The third-order valence-corrected chi connectivity index (χ3v) is 7.82. The summed E-state index contributed by atoms with van der Waals surface area (Å²) in [6.45, 7) is 5.88. The first-order chi connectivity index (χ1) is 18.2. The number of ketones is 3. The number of hydrogen-bond donors (Lipinski definition) is 0. The van der Waals surface area contributed by atoms with Crippen molar-refractivity contribution in [2.24, 2.45) is 16.3 Å². The van der Waals surface area contributed by atoms with Gasteiger partial charge < -0.3 is 4.90 Å². The summed E-state index contributed by atoms with van der Waals surface area (Å²) >= 11 is 0. The quantitative estimate of drug-likeness (QED) is 0.283. The summed E-state index contributed by atoms with van der Waals surface area (Å²) in [5.41, 5.74) is 3.86. The third-order valence-electron chi connectivity index (χ3n) is 7.82. The first kappa shape index (κ1) is 24.2. The van der Waals surface area contributed by atoms with Crippen molar-refractivity contribution in [1.29, 1.82) is 0 Å². The molecule has 2 atom stereocenters. The molecular weight excluding hydrogens is 479 g/mol. The van der Waals surface area contributed by atoms with Crippen LogP contribution in [-0.4, -0.2) is 23.1 Å². The number of allylic oxidation sites excluding steroid dienone is 2. The van der Waals surface area contributed by atoms with Crippen molar-refractivity contribution in [3.05, 3.63) is 107 Å². The molecule has 1 aliphatic heterocycles. The van der Waals surface area contributed by atoms with Crippen LogP contribution in [0, 0.1) is 17.2 Å². The number of anilines is 1. The van der Waals surface area contributed by atoms with Crippen LogP contribution in [0.1, 0.15) is 65.9 Å². The van der Waals surface area contributed by atoms with E-state index in [2.05, 4.69) is 13.8 Å². The Balaban J connectivity index is 1.63. The van der Waals surface area contributed by atoms with Gasteiger partial charge in [0.05, 0.1) is 28.9 Å². The van der Waals surface area contributed by atoms with E-state index < -0.39 is 12.0 Å².